The molecule has 0 radical (unpaired) electrons. The zero-order valence-electron chi connectivity index (χ0n) is 17.3. The summed E-state index contributed by atoms with van der Waals surface area (Å²) in [6.45, 7) is 7.86. The van der Waals surface area contributed by atoms with Gasteiger partial charge in [0, 0.05) is 24.3 Å². The van der Waals surface area contributed by atoms with Crippen LogP contribution in [0.3, 0.4) is 0 Å². The van der Waals surface area contributed by atoms with Crippen molar-refractivity contribution in [1.82, 2.24) is 19.7 Å². The molecule has 0 aliphatic heterocycles. The fourth-order valence-electron chi connectivity index (χ4n) is 3.18. The van der Waals surface area contributed by atoms with Crippen molar-refractivity contribution in [2.75, 3.05) is 18.8 Å². The lowest BCUT2D eigenvalue weighted by Crippen LogP contribution is -2.33. The summed E-state index contributed by atoms with van der Waals surface area (Å²) in [6.07, 6.45) is 1.93. The first-order valence-corrected chi connectivity index (χ1v) is 11.1. The summed E-state index contributed by atoms with van der Waals surface area (Å²) in [5, 5.41) is 9.60. The van der Waals surface area contributed by atoms with Crippen LogP contribution in [0.5, 0.6) is 0 Å². The van der Waals surface area contributed by atoms with Gasteiger partial charge in [-0.1, -0.05) is 73.6 Å². The molecule has 1 heterocycles. The minimum absolute atomic E-state index is 0.151. The molecule has 1 amide bonds. The number of rotatable bonds is 9. The second-order valence-electron chi connectivity index (χ2n) is 7.01. The first kappa shape index (κ1) is 21.1. The number of aryl methyl sites for hydroxylation is 1. The van der Waals surface area contributed by atoms with Gasteiger partial charge < -0.3 is 4.90 Å². The van der Waals surface area contributed by atoms with Gasteiger partial charge in [-0.25, -0.2) is 0 Å². The Kier molecular flexibility index (Phi) is 7.47. The van der Waals surface area contributed by atoms with E-state index in [1.165, 1.54) is 17.3 Å². The van der Waals surface area contributed by atoms with E-state index < -0.39 is 0 Å². The van der Waals surface area contributed by atoms with Crippen molar-refractivity contribution in [2.24, 2.45) is 0 Å². The normalized spacial score (nSPS) is 10.9. The molecule has 0 N–H and O–H groups in total. The highest BCUT2D eigenvalue weighted by Crippen LogP contribution is 2.28. The fourth-order valence-corrected chi connectivity index (χ4v) is 4.04. The van der Waals surface area contributed by atoms with E-state index in [0.717, 1.165) is 48.2 Å². The molecule has 0 spiro atoms. The van der Waals surface area contributed by atoms with Crippen molar-refractivity contribution < 1.29 is 4.79 Å². The maximum Gasteiger partial charge on any atom is 0.233 e. The molecule has 29 heavy (non-hydrogen) atoms. The Bertz CT molecular complexity index is 916. The van der Waals surface area contributed by atoms with Crippen LogP contribution in [0.2, 0.25) is 0 Å². The van der Waals surface area contributed by atoms with Gasteiger partial charge in [0.15, 0.2) is 11.0 Å². The van der Waals surface area contributed by atoms with E-state index in [-0.39, 0.29) is 5.91 Å². The van der Waals surface area contributed by atoms with Gasteiger partial charge in [-0.15, -0.1) is 10.2 Å². The predicted octanol–water partition coefficient (Wildman–Crippen LogP) is 4.98. The Morgan fingerprint density at radius 2 is 1.62 bits per heavy atom. The highest BCUT2D eigenvalue weighted by Gasteiger charge is 2.19. The quantitative estimate of drug-likeness (QED) is 0.468. The highest BCUT2D eigenvalue weighted by molar-refractivity contribution is 7.99. The van der Waals surface area contributed by atoms with Crippen LogP contribution in [0, 0.1) is 6.92 Å². The monoisotopic (exact) mass is 408 g/mol. The number of aromatic nitrogens is 3. The molecular formula is C23H28N4OS. The Hall–Kier alpha value is -2.60. The molecule has 0 aliphatic rings. The average Bonchev–Trinajstić information content (AvgIpc) is 3.17. The second-order valence-corrected chi connectivity index (χ2v) is 7.96. The molecule has 6 heteroatoms. The van der Waals surface area contributed by atoms with Gasteiger partial charge in [0.25, 0.3) is 0 Å². The van der Waals surface area contributed by atoms with Gasteiger partial charge in [-0.3, -0.25) is 9.36 Å². The minimum Gasteiger partial charge on any atom is -0.342 e. The Morgan fingerprint density at radius 3 is 2.24 bits per heavy atom. The number of carbonyl (C=O) groups excluding carboxylic acids is 1. The van der Waals surface area contributed by atoms with Crippen LogP contribution in [0.1, 0.15) is 32.3 Å². The summed E-state index contributed by atoms with van der Waals surface area (Å²) < 4.78 is 2.03. The molecule has 0 fully saturated rings. The number of carbonyl (C=O) groups is 1. The summed E-state index contributed by atoms with van der Waals surface area (Å²) in [5.41, 5.74) is 3.19. The Labute approximate surface area is 177 Å². The van der Waals surface area contributed by atoms with Crippen LogP contribution in [-0.2, 0) is 4.79 Å². The lowest BCUT2D eigenvalue weighted by Gasteiger charge is -2.21. The topological polar surface area (TPSA) is 51.0 Å². The van der Waals surface area contributed by atoms with Crippen LogP contribution in [0.4, 0.5) is 0 Å². The zero-order valence-corrected chi connectivity index (χ0v) is 18.2. The molecule has 3 aromatic rings. The maximum atomic E-state index is 12.7. The third kappa shape index (κ3) is 5.26. The number of benzene rings is 2. The SMILES string of the molecule is CCCN(CCC)C(=O)CSc1nnc(-c2ccc(C)cc2)n1-c1ccccc1. The van der Waals surface area contributed by atoms with Gasteiger partial charge in [0.2, 0.25) is 5.91 Å². The van der Waals surface area contributed by atoms with E-state index in [4.69, 9.17) is 0 Å². The number of hydrogen-bond acceptors (Lipinski definition) is 4. The van der Waals surface area contributed by atoms with E-state index in [1.807, 2.05) is 39.8 Å². The highest BCUT2D eigenvalue weighted by atomic mass is 32.2. The summed E-state index contributed by atoms with van der Waals surface area (Å²) in [4.78, 5) is 14.6. The molecule has 5 nitrogen and oxygen atoms in total. The first-order chi connectivity index (χ1) is 14.1. The molecule has 0 aliphatic carbocycles. The number of para-hydroxylation sites is 1. The van der Waals surface area contributed by atoms with Crippen molar-refractivity contribution in [3.63, 3.8) is 0 Å². The molecule has 0 bridgehead atoms. The molecule has 0 saturated carbocycles. The molecule has 2 aromatic carbocycles. The van der Waals surface area contributed by atoms with Gasteiger partial charge in [-0.2, -0.15) is 0 Å². The number of nitrogens with zero attached hydrogens (tertiary/aromatic N) is 4. The van der Waals surface area contributed by atoms with Crippen molar-refractivity contribution in [1.29, 1.82) is 0 Å². The van der Waals surface area contributed by atoms with Crippen molar-refractivity contribution >= 4 is 17.7 Å². The lowest BCUT2D eigenvalue weighted by molar-refractivity contribution is -0.128. The average molecular weight is 409 g/mol. The van der Waals surface area contributed by atoms with E-state index in [1.54, 1.807) is 0 Å². The summed E-state index contributed by atoms with van der Waals surface area (Å²) in [7, 11) is 0. The number of thioether (sulfide) groups is 1. The zero-order chi connectivity index (χ0) is 20.6. The molecule has 152 valence electrons. The lowest BCUT2D eigenvalue weighted by atomic mass is 10.1. The van der Waals surface area contributed by atoms with E-state index in [2.05, 4.69) is 55.2 Å². The third-order valence-electron chi connectivity index (χ3n) is 4.62. The van der Waals surface area contributed by atoms with Crippen LogP contribution in [-0.4, -0.2) is 44.4 Å². The standard InChI is InChI=1S/C23H28N4OS/c1-4-15-26(16-5-2)21(28)17-29-23-25-24-22(19-13-11-18(3)12-14-19)27(23)20-9-7-6-8-10-20/h6-14H,4-5,15-17H2,1-3H3. The fraction of sp³-hybridized carbons (Fsp3) is 0.348. The largest absolute Gasteiger partial charge is 0.342 e. The second kappa shape index (κ2) is 10.3. The van der Waals surface area contributed by atoms with Gasteiger partial charge >= 0.3 is 0 Å². The molecule has 0 unspecified atom stereocenters. The summed E-state index contributed by atoms with van der Waals surface area (Å²) >= 11 is 1.45. The molecule has 0 saturated heterocycles. The van der Waals surface area contributed by atoms with Crippen LogP contribution < -0.4 is 0 Å². The summed E-state index contributed by atoms with van der Waals surface area (Å²) in [5.74, 6) is 1.29. The third-order valence-corrected chi connectivity index (χ3v) is 5.54. The van der Waals surface area contributed by atoms with E-state index >= 15 is 0 Å². The maximum absolute atomic E-state index is 12.7. The Morgan fingerprint density at radius 1 is 0.966 bits per heavy atom. The smallest absolute Gasteiger partial charge is 0.233 e. The van der Waals surface area contributed by atoms with Crippen molar-refractivity contribution in [3.05, 3.63) is 60.2 Å². The number of hydrogen-bond donors (Lipinski definition) is 0. The predicted molar refractivity (Wildman–Crippen MR) is 119 cm³/mol. The molecular weight excluding hydrogens is 380 g/mol. The Balaban J connectivity index is 1.89. The van der Waals surface area contributed by atoms with Gasteiger partial charge in [-0.05, 0) is 31.9 Å². The van der Waals surface area contributed by atoms with E-state index in [0.29, 0.717) is 5.75 Å². The molecule has 3 rings (SSSR count). The van der Waals surface area contributed by atoms with Gasteiger partial charge in [0.05, 0.1) is 5.75 Å². The first-order valence-electron chi connectivity index (χ1n) is 10.1. The van der Waals surface area contributed by atoms with Gasteiger partial charge in [0.1, 0.15) is 0 Å². The van der Waals surface area contributed by atoms with Crippen LogP contribution in [0.15, 0.2) is 59.8 Å². The summed E-state index contributed by atoms with van der Waals surface area (Å²) in [6, 6.07) is 18.3. The van der Waals surface area contributed by atoms with Crippen molar-refractivity contribution in [3.8, 4) is 17.1 Å². The molecule has 1 aromatic heterocycles. The minimum atomic E-state index is 0.151. The van der Waals surface area contributed by atoms with Crippen LogP contribution >= 0.6 is 11.8 Å². The molecule has 0 atom stereocenters. The van der Waals surface area contributed by atoms with E-state index in [9.17, 15) is 4.79 Å². The van der Waals surface area contributed by atoms with Crippen molar-refractivity contribution in [2.45, 2.75) is 38.8 Å². The number of amides is 1. The van der Waals surface area contributed by atoms with Crippen LogP contribution in [0.25, 0.3) is 17.1 Å².